The third-order valence-electron chi connectivity index (χ3n) is 1.77. The first-order valence-electron chi connectivity index (χ1n) is 3.62. The van der Waals surface area contributed by atoms with Gasteiger partial charge in [0.2, 0.25) is 0 Å². The number of hydrogen-bond acceptors (Lipinski definition) is 0. The molecule has 0 unspecified atom stereocenters. The first-order valence-corrected chi connectivity index (χ1v) is 3.62. The van der Waals surface area contributed by atoms with Crippen LogP contribution in [-0.2, 0) is 5.11 Å². The van der Waals surface area contributed by atoms with Gasteiger partial charge in [-0.2, -0.15) is 0 Å². The largest absolute Gasteiger partial charge is 0.290 e. The molecule has 1 nitrogen and oxygen atoms in total. The van der Waals surface area contributed by atoms with Crippen LogP contribution in [0.25, 0.3) is 10.8 Å². The molecule has 2 aromatic rings. The summed E-state index contributed by atoms with van der Waals surface area (Å²) < 4.78 is 12.7. The summed E-state index contributed by atoms with van der Waals surface area (Å²) in [5.74, 6) is -0.324. The van der Waals surface area contributed by atoms with E-state index in [1.165, 1.54) is 24.3 Å². The van der Waals surface area contributed by atoms with Crippen molar-refractivity contribution in [2.24, 2.45) is 0 Å². The summed E-state index contributed by atoms with van der Waals surface area (Å²) in [6, 6.07) is 8.92. The highest BCUT2D eigenvalue weighted by molar-refractivity contribution is 5.83. The van der Waals surface area contributed by atoms with Crippen molar-refractivity contribution in [3.8, 4) is 5.75 Å². The van der Waals surface area contributed by atoms with E-state index >= 15 is 0 Å². The molecule has 59 valence electrons. The Morgan fingerprint density at radius 1 is 0.917 bits per heavy atom. The van der Waals surface area contributed by atoms with Gasteiger partial charge >= 0.3 is 0 Å². The van der Waals surface area contributed by atoms with Crippen molar-refractivity contribution >= 4 is 10.8 Å². The van der Waals surface area contributed by atoms with Crippen molar-refractivity contribution in [2.45, 2.75) is 0 Å². The monoisotopic (exact) mass is 161 g/mol. The fourth-order valence-corrected chi connectivity index (χ4v) is 1.19. The Balaban J connectivity index is 2.79. The van der Waals surface area contributed by atoms with Crippen LogP contribution < -0.4 is 0 Å². The molecule has 0 atom stereocenters. The molecule has 0 saturated heterocycles. The zero-order valence-corrected chi connectivity index (χ0v) is 6.25. The second-order valence-electron chi connectivity index (χ2n) is 2.65. The molecule has 0 fully saturated rings. The third-order valence-corrected chi connectivity index (χ3v) is 1.77. The quantitative estimate of drug-likeness (QED) is 0.565. The van der Waals surface area contributed by atoms with Gasteiger partial charge in [0, 0.05) is 0 Å². The Labute approximate surface area is 69.1 Å². The van der Waals surface area contributed by atoms with Crippen LogP contribution in [-0.4, -0.2) is 0 Å². The van der Waals surface area contributed by atoms with Crippen LogP contribution in [0.4, 0.5) is 4.39 Å². The van der Waals surface area contributed by atoms with Crippen LogP contribution in [0.15, 0.2) is 36.4 Å². The minimum Gasteiger partial charge on any atom is -0.290 e. The molecular weight excluding hydrogens is 155 g/mol. The summed E-state index contributed by atoms with van der Waals surface area (Å²) in [5, 5.41) is 12.4. The maximum Gasteiger partial charge on any atom is 0.179 e. The molecule has 0 heterocycles. The number of hydrogen-bond donors (Lipinski definition) is 0. The van der Waals surface area contributed by atoms with Crippen molar-refractivity contribution in [2.75, 3.05) is 0 Å². The zero-order valence-electron chi connectivity index (χ0n) is 6.25. The summed E-state index contributed by atoms with van der Waals surface area (Å²) in [7, 11) is 0. The predicted octanol–water partition coefficient (Wildman–Crippen LogP) is 3.12. The minimum atomic E-state index is -0.277. The summed E-state index contributed by atoms with van der Waals surface area (Å²) in [5.41, 5.74) is 0. The third kappa shape index (κ3) is 1.11. The average molecular weight is 161 g/mol. The molecule has 0 aliphatic carbocycles. The molecule has 0 amide bonds. The molecule has 0 aliphatic rings. The summed E-state index contributed by atoms with van der Waals surface area (Å²) >= 11 is 0. The van der Waals surface area contributed by atoms with Crippen LogP contribution in [0.3, 0.4) is 0 Å². The molecule has 0 saturated carbocycles. The van der Waals surface area contributed by atoms with Crippen molar-refractivity contribution in [3.63, 3.8) is 0 Å². The Kier molecular flexibility index (Phi) is 1.47. The van der Waals surface area contributed by atoms with E-state index < -0.39 is 0 Å². The first kappa shape index (κ1) is 7.10. The Hall–Kier alpha value is -1.57. The average Bonchev–Trinajstić information content (AvgIpc) is 2.05. The van der Waals surface area contributed by atoms with Crippen molar-refractivity contribution in [3.05, 3.63) is 42.2 Å². The number of benzene rings is 2. The lowest BCUT2D eigenvalue weighted by molar-refractivity contribution is 0.355. The summed E-state index contributed by atoms with van der Waals surface area (Å²) in [6.45, 7) is 0. The Bertz CT molecular complexity index is 382. The van der Waals surface area contributed by atoms with E-state index in [-0.39, 0.29) is 11.6 Å². The Morgan fingerprint density at radius 3 is 2.42 bits per heavy atom. The molecule has 0 aliphatic heterocycles. The smallest absolute Gasteiger partial charge is 0.179 e. The lowest BCUT2D eigenvalue weighted by atomic mass is 10.1. The van der Waals surface area contributed by atoms with Gasteiger partial charge in [0.15, 0.2) is 5.75 Å². The van der Waals surface area contributed by atoms with Gasteiger partial charge in [0.1, 0.15) is 5.82 Å². The van der Waals surface area contributed by atoms with E-state index in [1.54, 1.807) is 12.1 Å². The van der Waals surface area contributed by atoms with Gasteiger partial charge in [-0.15, -0.1) is 0 Å². The van der Waals surface area contributed by atoms with Crippen LogP contribution in [0, 0.1) is 5.82 Å². The van der Waals surface area contributed by atoms with Crippen LogP contribution in [0.2, 0.25) is 0 Å². The Morgan fingerprint density at radius 2 is 1.58 bits per heavy atom. The van der Waals surface area contributed by atoms with Gasteiger partial charge in [0.25, 0.3) is 0 Å². The molecule has 0 bridgehead atoms. The van der Waals surface area contributed by atoms with Gasteiger partial charge in [-0.3, -0.25) is 5.11 Å². The molecule has 0 N–H and O–H groups in total. The fraction of sp³-hybridized carbons (Fsp3) is 0. The summed E-state index contributed by atoms with van der Waals surface area (Å²) in [4.78, 5) is 0. The second-order valence-corrected chi connectivity index (χ2v) is 2.65. The van der Waals surface area contributed by atoms with Crippen molar-refractivity contribution in [1.82, 2.24) is 0 Å². The number of fused-ring (bicyclic) bond motifs is 1. The number of halogens is 1. The molecule has 2 heteroatoms. The van der Waals surface area contributed by atoms with Gasteiger partial charge < -0.3 is 0 Å². The second kappa shape index (κ2) is 2.48. The molecule has 12 heavy (non-hydrogen) atoms. The lowest BCUT2D eigenvalue weighted by Crippen LogP contribution is -1.74. The molecular formula is C10H6FO. The van der Waals surface area contributed by atoms with Crippen LogP contribution >= 0.6 is 0 Å². The van der Waals surface area contributed by atoms with Gasteiger partial charge in [-0.05, 0) is 35.0 Å². The lowest BCUT2D eigenvalue weighted by Gasteiger charge is -1.96. The normalized spacial score (nSPS) is 10.4. The van der Waals surface area contributed by atoms with Gasteiger partial charge in [-0.1, -0.05) is 12.1 Å². The molecule has 1 radical (unpaired) electrons. The van der Waals surface area contributed by atoms with Crippen molar-refractivity contribution in [1.29, 1.82) is 0 Å². The zero-order chi connectivity index (χ0) is 8.55. The number of rotatable bonds is 0. The predicted molar refractivity (Wildman–Crippen MR) is 44.0 cm³/mol. The first-order chi connectivity index (χ1) is 5.75. The van der Waals surface area contributed by atoms with E-state index in [2.05, 4.69) is 0 Å². The topological polar surface area (TPSA) is 19.9 Å². The van der Waals surface area contributed by atoms with Crippen molar-refractivity contribution < 1.29 is 9.50 Å². The van der Waals surface area contributed by atoms with E-state index in [1.807, 2.05) is 0 Å². The standard InChI is InChI=1S/C10H6FO/c11-9-3-1-8-6-10(12)4-2-7(8)5-9/h1-6H. The maximum absolute atomic E-state index is 12.7. The van der Waals surface area contributed by atoms with Crippen LogP contribution in [0.5, 0.6) is 5.75 Å². The minimum absolute atomic E-state index is 0.0471. The molecule has 2 rings (SSSR count). The molecule has 0 spiro atoms. The SMILES string of the molecule is [O]c1ccc2cc(F)ccc2c1. The molecule has 2 aromatic carbocycles. The maximum atomic E-state index is 12.7. The highest BCUT2D eigenvalue weighted by Gasteiger charge is 1.96. The van der Waals surface area contributed by atoms with E-state index in [0.29, 0.717) is 0 Å². The van der Waals surface area contributed by atoms with Gasteiger partial charge in [0.05, 0.1) is 0 Å². The summed E-state index contributed by atoms with van der Waals surface area (Å²) in [6.07, 6.45) is 0. The van der Waals surface area contributed by atoms with E-state index in [4.69, 9.17) is 0 Å². The molecule has 0 aromatic heterocycles. The fourth-order valence-electron chi connectivity index (χ4n) is 1.19. The highest BCUT2D eigenvalue weighted by Crippen LogP contribution is 2.20. The highest BCUT2D eigenvalue weighted by atomic mass is 19.1. The van der Waals surface area contributed by atoms with Gasteiger partial charge in [-0.25, -0.2) is 4.39 Å². The van der Waals surface area contributed by atoms with E-state index in [0.717, 1.165) is 10.8 Å². The van der Waals surface area contributed by atoms with Crippen LogP contribution in [0.1, 0.15) is 0 Å². The van der Waals surface area contributed by atoms with E-state index in [9.17, 15) is 9.50 Å².